The Morgan fingerprint density at radius 2 is 1.54 bits per heavy atom. The first-order valence-electron chi connectivity index (χ1n) is 12.0. The summed E-state index contributed by atoms with van der Waals surface area (Å²) in [6.45, 7) is -0.165. The molecule has 1 unspecified atom stereocenters. The average molecular weight is 586 g/mol. The Bertz CT molecular complexity index is 1560. The molecule has 0 saturated heterocycles. The number of hydrogen-bond acceptors (Lipinski definition) is 6. The summed E-state index contributed by atoms with van der Waals surface area (Å²) in [7, 11) is 3.58. The smallest absolute Gasteiger partial charge is 0.342 e. The van der Waals surface area contributed by atoms with Gasteiger partial charge in [-0.1, -0.05) is 65.7 Å². The second kappa shape index (κ2) is 13.0. The number of amides is 1. The number of carbonyl (C=O) groups excluding carboxylic acids is 2. The van der Waals surface area contributed by atoms with Crippen LogP contribution in [0.5, 0.6) is 0 Å². The van der Waals surface area contributed by atoms with E-state index in [0.29, 0.717) is 22.0 Å². The van der Waals surface area contributed by atoms with Crippen molar-refractivity contribution >= 4 is 46.6 Å². The van der Waals surface area contributed by atoms with Gasteiger partial charge in [0.2, 0.25) is 4.80 Å². The van der Waals surface area contributed by atoms with Gasteiger partial charge in [0.25, 0.3) is 5.91 Å². The summed E-state index contributed by atoms with van der Waals surface area (Å²) in [5, 5.41) is 1.06. The van der Waals surface area contributed by atoms with E-state index >= 15 is 0 Å². The standard InChI is InChI=1S/C28H26Cl2N4O4S/c1-32(2)24(16-19-6-4-3-5-7-19)26(36)38-18-33-27(31-25(35)21-10-14-23(30)15-11-21)39-34(28(33)37)17-20-8-12-22(29)13-9-20/h3-15,24H,16-18H2,1-2H3. The van der Waals surface area contributed by atoms with Crippen LogP contribution in [0, 0.1) is 0 Å². The summed E-state index contributed by atoms with van der Waals surface area (Å²) in [6.07, 6.45) is 0.439. The quantitative estimate of drug-likeness (QED) is 0.271. The molecule has 3 aromatic carbocycles. The van der Waals surface area contributed by atoms with Crippen LogP contribution in [0.25, 0.3) is 0 Å². The summed E-state index contributed by atoms with van der Waals surface area (Å²) < 4.78 is 8.22. The van der Waals surface area contributed by atoms with E-state index in [4.69, 9.17) is 27.9 Å². The van der Waals surface area contributed by atoms with E-state index in [1.165, 1.54) is 8.52 Å². The highest BCUT2D eigenvalue weighted by molar-refractivity contribution is 7.03. The average Bonchev–Trinajstić information content (AvgIpc) is 3.21. The molecule has 1 amide bonds. The highest BCUT2D eigenvalue weighted by Crippen LogP contribution is 2.12. The minimum Gasteiger partial charge on any atom is -0.442 e. The lowest BCUT2D eigenvalue weighted by atomic mass is 10.1. The Hall–Kier alpha value is -3.50. The minimum absolute atomic E-state index is 0.103. The molecule has 1 heterocycles. The lowest BCUT2D eigenvalue weighted by molar-refractivity contribution is -0.153. The number of benzene rings is 3. The molecule has 4 aromatic rings. The van der Waals surface area contributed by atoms with Crippen LogP contribution in [0.1, 0.15) is 21.5 Å². The first-order chi connectivity index (χ1) is 18.7. The molecule has 202 valence electrons. The third-order valence-corrected chi connectivity index (χ3v) is 7.38. The predicted molar refractivity (Wildman–Crippen MR) is 152 cm³/mol. The molecule has 0 N–H and O–H groups in total. The fourth-order valence-corrected chi connectivity index (χ4v) is 4.92. The highest BCUT2D eigenvalue weighted by atomic mass is 35.5. The Morgan fingerprint density at radius 1 is 0.923 bits per heavy atom. The van der Waals surface area contributed by atoms with Gasteiger partial charge in [-0.25, -0.2) is 13.3 Å². The molecule has 0 radical (unpaired) electrons. The van der Waals surface area contributed by atoms with Gasteiger partial charge in [-0.2, -0.15) is 4.99 Å². The largest absolute Gasteiger partial charge is 0.442 e. The van der Waals surface area contributed by atoms with Crippen LogP contribution >= 0.6 is 34.7 Å². The summed E-state index contributed by atoms with van der Waals surface area (Å²) >= 11 is 12.9. The molecule has 8 nitrogen and oxygen atoms in total. The van der Waals surface area contributed by atoms with Crippen molar-refractivity contribution < 1.29 is 14.3 Å². The zero-order chi connectivity index (χ0) is 27.9. The van der Waals surface area contributed by atoms with E-state index in [2.05, 4.69) is 4.99 Å². The number of carbonyl (C=O) groups is 2. The number of halogens is 2. The Labute approximate surface area is 239 Å². The number of esters is 1. The minimum atomic E-state index is -0.570. The fraction of sp³-hybridized carbons (Fsp3) is 0.214. The van der Waals surface area contributed by atoms with E-state index in [-0.39, 0.29) is 11.3 Å². The molecular weight excluding hydrogens is 559 g/mol. The maximum absolute atomic E-state index is 13.4. The van der Waals surface area contributed by atoms with Gasteiger partial charge >= 0.3 is 11.7 Å². The first-order valence-corrected chi connectivity index (χ1v) is 13.5. The molecule has 1 atom stereocenters. The first kappa shape index (κ1) is 28.5. The SMILES string of the molecule is CN(C)C(Cc1ccccc1)C(=O)OCn1c(=NC(=O)c2ccc(Cl)cc2)sn(Cc2ccc(Cl)cc2)c1=O. The summed E-state index contributed by atoms with van der Waals surface area (Å²) in [5.74, 6) is -1.05. The molecule has 4 rings (SSSR count). The van der Waals surface area contributed by atoms with E-state index in [9.17, 15) is 14.4 Å². The second-order valence-electron chi connectivity index (χ2n) is 8.93. The maximum Gasteiger partial charge on any atom is 0.342 e. The number of likely N-dealkylation sites (N-methyl/N-ethyl adjacent to an activating group) is 1. The second-order valence-corrected chi connectivity index (χ2v) is 10.8. The zero-order valence-electron chi connectivity index (χ0n) is 21.3. The van der Waals surface area contributed by atoms with Crippen molar-refractivity contribution in [2.24, 2.45) is 4.99 Å². The maximum atomic E-state index is 13.4. The lowest BCUT2D eigenvalue weighted by Gasteiger charge is -2.22. The lowest BCUT2D eigenvalue weighted by Crippen LogP contribution is -2.40. The topological polar surface area (TPSA) is 85.9 Å². The summed E-state index contributed by atoms with van der Waals surface area (Å²) in [5.41, 5.74) is 1.65. The number of rotatable bonds is 9. The Balaban J connectivity index is 1.63. The molecule has 0 bridgehead atoms. The predicted octanol–water partition coefficient (Wildman–Crippen LogP) is 4.48. The van der Waals surface area contributed by atoms with Crippen molar-refractivity contribution in [2.45, 2.75) is 25.7 Å². The van der Waals surface area contributed by atoms with Crippen LogP contribution in [0.4, 0.5) is 0 Å². The van der Waals surface area contributed by atoms with Crippen LogP contribution in [0.2, 0.25) is 10.0 Å². The van der Waals surface area contributed by atoms with Gasteiger partial charge in [0.15, 0.2) is 6.73 Å². The third-order valence-electron chi connectivity index (χ3n) is 5.90. The van der Waals surface area contributed by atoms with Gasteiger partial charge < -0.3 is 4.74 Å². The monoisotopic (exact) mass is 584 g/mol. The van der Waals surface area contributed by atoms with Crippen molar-refractivity contribution in [3.63, 3.8) is 0 Å². The fourth-order valence-electron chi connectivity index (χ4n) is 3.73. The van der Waals surface area contributed by atoms with Crippen molar-refractivity contribution in [1.82, 2.24) is 13.4 Å². The van der Waals surface area contributed by atoms with E-state index in [1.54, 1.807) is 67.5 Å². The zero-order valence-corrected chi connectivity index (χ0v) is 23.6. The number of hydrogen-bond donors (Lipinski definition) is 0. The molecule has 0 aliphatic carbocycles. The highest BCUT2D eigenvalue weighted by Gasteiger charge is 2.24. The molecule has 1 aromatic heterocycles. The van der Waals surface area contributed by atoms with Crippen LogP contribution in [0.15, 0.2) is 88.6 Å². The van der Waals surface area contributed by atoms with E-state index in [1.807, 2.05) is 30.3 Å². The number of nitrogens with zero attached hydrogens (tertiary/aromatic N) is 4. The Morgan fingerprint density at radius 3 is 2.15 bits per heavy atom. The van der Waals surface area contributed by atoms with Crippen molar-refractivity contribution in [3.05, 3.63) is 121 Å². The Kier molecular flexibility index (Phi) is 9.53. The van der Waals surface area contributed by atoms with Crippen molar-refractivity contribution in [3.8, 4) is 0 Å². The van der Waals surface area contributed by atoms with Gasteiger partial charge in [0, 0.05) is 15.6 Å². The summed E-state index contributed by atoms with van der Waals surface area (Å²) in [6, 6.07) is 22.4. The summed E-state index contributed by atoms with van der Waals surface area (Å²) in [4.78, 5) is 45.4. The van der Waals surface area contributed by atoms with Gasteiger partial charge in [0.1, 0.15) is 6.04 Å². The third kappa shape index (κ3) is 7.54. The normalized spacial score (nSPS) is 12.5. The molecule has 0 fully saturated rings. The van der Waals surface area contributed by atoms with Gasteiger partial charge in [-0.05, 0) is 79.6 Å². The molecule has 0 saturated carbocycles. The van der Waals surface area contributed by atoms with Crippen LogP contribution < -0.4 is 10.5 Å². The van der Waals surface area contributed by atoms with Gasteiger partial charge in [-0.15, -0.1) is 0 Å². The van der Waals surface area contributed by atoms with Gasteiger partial charge in [-0.3, -0.25) is 14.5 Å². The molecule has 39 heavy (non-hydrogen) atoms. The van der Waals surface area contributed by atoms with Crippen LogP contribution in [-0.4, -0.2) is 45.4 Å². The molecular formula is C28H26Cl2N4O4S. The van der Waals surface area contributed by atoms with E-state index in [0.717, 1.165) is 22.7 Å². The van der Waals surface area contributed by atoms with Crippen molar-refractivity contribution in [2.75, 3.05) is 14.1 Å². The number of ether oxygens (including phenoxy) is 1. The molecule has 0 aliphatic rings. The number of aromatic nitrogens is 2. The van der Waals surface area contributed by atoms with Crippen LogP contribution in [0.3, 0.4) is 0 Å². The van der Waals surface area contributed by atoms with Crippen molar-refractivity contribution in [1.29, 1.82) is 0 Å². The molecule has 0 aliphatic heterocycles. The van der Waals surface area contributed by atoms with Gasteiger partial charge in [0.05, 0.1) is 6.54 Å². The molecule has 0 spiro atoms. The van der Waals surface area contributed by atoms with Crippen LogP contribution in [-0.2, 0) is 29.2 Å². The molecule has 11 heteroatoms. The van der Waals surface area contributed by atoms with E-state index < -0.39 is 30.3 Å².